The molecule has 15 nitrogen and oxygen atoms in total. The van der Waals surface area contributed by atoms with Crippen molar-refractivity contribution in [1.29, 1.82) is 0 Å². The van der Waals surface area contributed by atoms with Crippen LogP contribution in [0, 0.1) is 0 Å². The molecular formula is C49H67N7O8. The van der Waals surface area contributed by atoms with Crippen molar-refractivity contribution in [3.05, 3.63) is 107 Å². The lowest BCUT2D eigenvalue weighted by atomic mass is 9.94. The van der Waals surface area contributed by atoms with E-state index in [9.17, 15) is 29.1 Å². The smallest absolute Gasteiger partial charge is 0.326 e. The molecule has 0 aromatic heterocycles. The Labute approximate surface area is 377 Å². The van der Waals surface area contributed by atoms with Crippen LogP contribution in [0.1, 0.15) is 86.5 Å². The Morgan fingerprint density at radius 3 is 1.97 bits per heavy atom. The first-order chi connectivity index (χ1) is 30.8. The number of aryl methyl sites for hydroxylation is 1. The maximum atomic E-state index is 13.5. The molecule has 0 aliphatic carbocycles. The quantitative estimate of drug-likeness (QED) is 0.0438. The number of likely N-dealkylation sites (N-methyl/N-ethyl adjacent to an activating group) is 1. The molecule has 3 atom stereocenters. The van der Waals surface area contributed by atoms with E-state index in [0.717, 1.165) is 42.5 Å². The number of carboxylic acid groups (broad SMARTS) is 1. The van der Waals surface area contributed by atoms with Crippen LogP contribution >= 0.6 is 0 Å². The van der Waals surface area contributed by atoms with Crippen LogP contribution in [0.4, 0.5) is 0 Å². The molecule has 4 rings (SSSR count). The van der Waals surface area contributed by atoms with Gasteiger partial charge in [0.25, 0.3) is 5.91 Å². The highest BCUT2D eigenvalue weighted by atomic mass is 16.5. The van der Waals surface area contributed by atoms with Crippen LogP contribution in [0.2, 0.25) is 0 Å². The highest BCUT2D eigenvalue weighted by Crippen LogP contribution is 2.40. The monoisotopic (exact) mass is 882 g/mol. The molecule has 0 saturated carbocycles. The predicted octanol–water partition coefficient (Wildman–Crippen LogP) is 4.98. The Hall–Kier alpha value is -6.29. The summed E-state index contributed by atoms with van der Waals surface area (Å²) in [6.07, 6.45) is 5.95. The first kappa shape index (κ1) is 52.1. The minimum absolute atomic E-state index is 0.0897. The SMILES string of the molecule is CCCCN.CCCCc1ccc(-c2cccc(C(=O)NCC(=O)N(C)C(C)c3ccc(OCCN)c(-c4cc(CC(NC(=O)[C@H](C)NC=O)C(=O)O)ccc4OCCN)c3)c2)cc1. The van der Waals surface area contributed by atoms with Gasteiger partial charge in [-0.15, -0.1) is 0 Å². The van der Waals surface area contributed by atoms with Gasteiger partial charge >= 0.3 is 5.97 Å². The molecule has 64 heavy (non-hydrogen) atoms. The second-order valence-corrected chi connectivity index (χ2v) is 15.4. The second kappa shape index (κ2) is 27.7. The lowest BCUT2D eigenvalue weighted by Gasteiger charge is -2.27. The Morgan fingerprint density at radius 2 is 1.39 bits per heavy atom. The van der Waals surface area contributed by atoms with Crippen molar-refractivity contribution in [2.75, 3.05) is 46.4 Å². The van der Waals surface area contributed by atoms with Crippen LogP contribution in [0.25, 0.3) is 22.3 Å². The average Bonchev–Trinajstić information content (AvgIpc) is 3.31. The first-order valence-corrected chi connectivity index (χ1v) is 21.9. The summed E-state index contributed by atoms with van der Waals surface area (Å²) in [6.45, 7) is 9.08. The number of nitrogens with zero attached hydrogens (tertiary/aromatic N) is 1. The summed E-state index contributed by atoms with van der Waals surface area (Å²) in [4.78, 5) is 63.9. The fourth-order valence-electron chi connectivity index (χ4n) is 6.54. The van der Waals surface area contributed by atoms with Gasteiger partial charge in [-0.2, -0.15) is 0 Å². The van der Waals surface area contributed by atoms with Gasteiger partial charge in [0.15, 0.2) is 0 Å². The molecule has 0 aliphatic rings. The van der Waals surface area contributed by atoms with Crippen LogP contribution in [-0.2, 0) is 32.0 Å². The number of carbonyl (C=O) groups is 5. The molecule has 4 aromatic carbocycles. The highest BCUT2D eigenvalue weighted by molar-refractivity contribution is 5.97. The van der Waals surface area contributed by atoms with Crippen LogP contribution in [-0.4, -0.2) is 98.6 Å². The van der Waals surface area contributed by atoms with E-state index in [-0.39, 0.29) is 51.1 Å². The van der Waals surface area contributed by atoms with Gasteiger partial charge in [-0.05, 0) is 104 Å². The van der Waals surface area contributed by atoms with Gasteiger partial charge in [-0.25, -0.2) is 4.79 Å². The van der Waals surface area contributed by atoms with Crippen LogP contribution in [0.3, 0.4) is 0 Å². The first-order valence-electron chi connectivity index (χ1n) is 21.9. The van der Waals surface area contributed by atoms with Crippen LogP contribution in [0.15, 0.2) is 84.9 Å². The lowest BCUT2D eigenvalue weighted by molar-refractivity contribution is -0.142. The number of carboxylic acids is 1. The van der Waals surface area contributed by atoms with Crippen molar-refractivity contribution in [2.24, 2.45) is 17.2 Å². The zero-order valence-electron chi connectivity index (χ0n) is 37.9. The third kappa shape index (κ3) is 16.1. The van der Waals surface area contributed by atoms with E-state index in [1.54, 1.807) is 42.3 Å². The number of hydrogen-bond acceptors (Lipinski definition) is 10. The topological polar surface area (TPSA) is 241 Å². The van der Waals surface area contributed by atoms with Crippen molar-refractivity contribution >= 4 is 30.1 Å². The standard InChI is InChI=1S/C45H56N6O8.C4H11N/c1-5-6-8-31-11-14-33(15-12-31)35-9-7-10-36(25-35)44(55)48-27-42(53)51(4)30(3)34-16-18-41(59-22-20-47)38(26-34)37-23-32(13-17-40(37)58-21-19-46)24-39(45(56)57)50-43(54)29(2)49-28-52;1-2-3-4-5/h7,9-18,23,25-26,28-30,39H,5-6,8,19-22,24,27,46-47H2,1-4H3,(H,48,55)(H,49,52)(H,50,54)(H,56,57);2-5H2,1H3/t29-,30?,39?;/m0./s1. The minimum Gasteiger partial charge on any atom is -0.492 e. The molecule has 346 valence electrons. The fraction of sp³-hybridized carbons (Fsp3) is 0.408. The summed E-state index contributed by atoms with van der Waals surface area (Å²) < 4.78 is 12.1. The number of unbranched alkanes of at least 4 members (excludes halogenated alkanes) is 2. The number of benzene rings is 4. The van der Waals surface area contributed by atoms with E-state index in [1.807, 2.05) is 37.3 Å². The molecule has 15 heteroatoms. The maximum absolute atomic E-state index is 13.5. The normalized spacial score (nSPS) is 12.1. The molecule has 4 amide bonds. The number of ether oxygens (including phenoxy) is 2. The number of nitrogens with two attached hydrogens (primary N) is 3. The molecule has 0 aliphatic heterocycles. The van der Waals surface area contributed by atoms with Gasteiger partial charge in [-0.3, -0.25) is 19.2 Å². The summed E-state index contributed by atoms with van der Waals surface area (Å²) in [7, 11) is 1.66. The Balaban J connectivity index is 0.00000206. The summed E-state index contributed by atoms with van der Waals surface area (Å²) >= 11 is 0. The molecule has 10 N–H and O–H groups in total. The second-order valence-electron chi connectivity index (χ2n) is 15.4. The molecule has 0 saturated heterocycles. The van der Waals surface area contributed by atoms with Crippen molar-refractivity contribution in [1.82, 2.24) is 20.9 Å². The van der Waals surface area contributed by atoms with Gasteiger partial charge in [0, 0.05) is 43.2 Å². The Bertz CT molecular complexity index is 2110. The third-order valence-corrected chi connectivity index (χ3v) is 10.5. The third-order valence-electron chi connectivity index (χ3n) is 10.5. The minimum atomic E-state index is -1.31. The lowest BCUT2D eigenvalue weighted by Crippen LogP contribution is -2.49. The zero-order chi connectivity index (χ0) is 47.0. The van der Waals surface area contributed by atoms with Crippen molar-refractivity contribution in [2.45, 2.75) is 84.3 Å². The molecule has 2 unspecified atom stereocenters. The molecule has 4 aromatic rings. The largest absolute Gasteiger partial charge is 0.492 e. The van der Waals surface area contributed by atoms with E-state index in [2.05, 4.69) is 54.1 Å². The van der Waals surface area contributed by atoms with E-state index in [1.165, 1.54) is 25.3 Å². The van der Waals surface area contributed by atoms with Gasteiger partial charge in [0.1, 0.15) is 36.8 Å². The molecule has 0 radical (unpaired) electrons. The van der Waals surface area contributed by atoms with Crippen molar-refractivity contribution in [3.63, 3.8) is 0 Å². The van der Waals surface area contributed by atoms with Crippen LogP contribution in [0.5, 0.6) is 11.5 Å². The molecule has 0 heterocycles. The number of amides is 4. The fourth-order valence-corrected chi connectivity index (χ4v) is 6.54. The van der Waals surface area contributed by atoms with Gasteiger partial charge in [0.2, 0.25) is 18.2 Å². The number of rotatable bonds is 25. The average molecular weight is 882 g/mol. The highest BCUT2D eigenvalue weighted by Gasteiger charge is 2.25. The maximum Gasteiger partial charge on any atom is 0.326 e. The number of carbonyl (C=O) groups excluding carboxylic acids is 4. The van der Waals surface area contributed by atoms with Gasteiger partial charge in [0.05, 0.1) is 12.6 Å². The summed E-state index contributed by atoms with van der Waals surface area (Å²) in [5, 5.41) is 17.5. The predicted molar refractivity (Wildman–Crippen MR) is 251 cm³/mol. The van der Waals surface area contributed by atoms with Gasteiger partial charge < -0.3 is 52.6 Å². The summed E-state index contributed by atoms with van der Waals surface area (Å²) in [6, 6.07) is 23.5. The molecule has 0 bridgehead atoms. The van der Waals surface area contributed by atoms with Crippen molar-refractivity contribution < 1.29 is 38.6 Å². The van der Waals surface area contributed by atoms with E-state index in [0.29, 0.717) is 40.2 Å². The van der Waals surface area contributed by atoms with Crippen molar-refractivity contribution in [3.8, 4) is 33.8 Å². The molecule has 0 fully saturated rings. The molecular weight excluding hydrogens is 815 g/mol. The van der Waals surface area contributed by atoms with E-state index < -0.39 is 30.0 Å². The van der Waals surface area contributed by atoms with Crippen LogP contribution < -0.4 is 42.6 Å². The Morgan fingerprint density at radius 1 is 0.766 bits per heavy atom. The zero-order valence-corrected chi connectivity index (χ0v) is 37.9. The summed E-state index contributed by atoms with van der Waals surface area (Å²) in [5.41, 5.74) is 22.7. The Kier molecular flexibility index (Phi) is 22.5. The number of nitrogens with one attached hydrogen (secondary N) is 3. The van der Waals surface area contributed by atoms with E-state index in [4.69, 9.17) is 26.7 Å². The summed E-state index contributed by atoms with van der Waals surface area (Å²) in [5.74, 6) is -1.69. The van der Waals surface area contributed by atoms with Gasteiger partial charge in [-0.1, -0.05) is 75.2 Å². The number of aliphatic carboxylic acids is 1. The molecule has 0 spiro atoms. The van der Waals surface area contributed by atoms with E-state index >= 15 is 0 Å². The number of hydrogen-bond donors (Lipinski definition) is 7.